The number of hydrogen-bond donors (Lipinski definition) is 0. The van der Waals surface area contributed by atoms with Crippen molar-refractivity contribution in [3.05, 3.63) is 30.2 Å². The maximum Gasteiger partial charge on any atom is 0.309 e. The second-order valence-electron chi connectivity index (χ2n) is 2.78. The highest BCUT2D eigenvalue weighted by Gasteiger charge is 2.29. The number of halogens is 4. The first kappa shape index (κ1) is 14.3. The SMILES string of the molecule is CC(=O)Oc1c(Cl)c(Cl)c([N+](=O)[O-])c(Cl)c1Cl. The molecule has 0 spiro atoms. The Hall–Kier alpha value is -0.750. The van der Waals surface area contributed by atoms with Gasteiger partial charge in [0.25, 0.3) is 0 Å². The first-order valence-corrected chi connectivity index (χ1v) is 5.47. The first-order valence-electron chi connectivity index (χ1n) is 3.96. The molecule has 0 bridgehead atoms. The zero-order valence-corrected chi connectivity index (χ0v) is 11.1. The van der Waals surface area contributed by atoms with Gasteiger partial charge in [-0.05, 0) is 0 Å². The number of nitro benzene ring substituents is 1. The molecule has 1 rings (SSSR count). The number of carbonyl (C=O) groups is 1. The van der Waals surface area contributed by atoms with Crippen LogP contribution in [0.25, 0.3) is 0 Å². The third-order valence-corrected chi connectivity index (χ3v) is 3.28. The van der Waals surface area contributed by atoms with Crippen molar-refractivity contribution in [3.8, 4) is 5.75 Å². The number of ether oxygens (including phenoxy) is 1. The van der Waals surface area contributed by atoms with Gasteiger partial charge in [-0.15, -0.1) is 0 Å². The Morgan fingerprint density at radius 3 is 1.82 bits per heavy atom. The van der Waals surface area contributed by atoms with E-state index in [1.54, 1.807) is 0 Å². The number of carbonyl (C=O) groups excluding carboxylic acids is 1. The summed E-state index contributed by atoms with van der Waals surface area (Å²) in [7, 11) is 0. The molecule has 0 unspecified atom stereocenters. The summed E-state index contributed by atoms with van der Waals surface area (Å²) in [6.07, 6.45) is 0. The highest BCUT2D eigenvalue weighted by molar-refractivity contribution is 6.51. The van der Waals surface area contributed by atoms with Crippen molar-refractivity contribution in [2.24, 2.45) is 0 Å². The molecule has 1 aromatic rings. The van der Waals surface area contributed by atoms with Gasteiger partial charge in [-0.2, -0.15) is 0 Å². The maximum atomic E-state index is 10.8. The van der Waals surface area contributed by atoms with Crippen molar-refractivity contribution in [1.82, 2.24) is 0 Å². The topological polar surface area (TPSA) is 69.4 Å². The molecular formula is C8H3Cl4NO4. The minimum atomic E-state index is -0.833. The number of nitro groups is 1. The Kier molecular flexibility index (Phi) is 4.43. The van der Waals surface area contributed by atoms with Gasteiger partial charge < -0.3 is 4.74 Å². The lowest BCUT2D eigenvalue weighted by Gasteiger charge is -2.09. The Balaban J connectivity index is 3.58. The van der Waals surface area contributed by atoms with Crippen LogP contribution in [0.3, 0.4) is 0 Å². The van der Waals surface area contributed by atoms with Crippen LogP contribution in [-0.4, -0.2) is 10.9 Å². The van der Waals surface area contributed by atoms with E-state index in [0.717, 1.165) is 6.92 Å². The largest absolute Gasteiger partial charge is 0.423 e. The van der Waals surface area contributed by atoms with Crippen molar-refractivity contribution < 1.29 is 14.5 Å². The van der Waals surface area contributed by atoms with E-state index in [9.17, 15) is 14.9 Å². The predicted octanol–water partition coefficient (Wildman–Crippen LogP) is 4.13. The minimum absolute atomic E-state index is 0.304. The van der Waals surface area contributed by atoms with Gasteiger partial charge in [0, 0.05) is 6.92 Å². The molecule has 0 aliphatic heterocycles. The molecule has 0 aromatic heterocycles. The minimum Gasteiger partial charge on any atom is -0.423 e. The van der Waals surface area contributed by atoms with Gasteiger partial charge in [0.2, 0.25) is 0 Å². The van der Waals surface area contributed by atoms with Gasteiger partial charge >= 0.3 is 11.7 Å². The summed E-state index contributed by atoms with van der Waals surface area (Å²) >= 11 is 22.7. The Labute approximate surface area is 115 Å². The molecule has 1 aromatic carbocycles. The quantitative estimate of drug-likeness (QED) is 0.270. The number of nitrogens with zero attached hydrogens (tertiary/aromatic N) is 1. The smallest absolute Gasteiger partial charge is 0.309 e. The van der Waals surface area contributed by atoms with Gasteiger partial charge in [-0.3, -0.25) is 14.9 Å². The van der Waals surface area contributed by atoms with Crippen LogP contribution in [0, 0.1) is 10.1 Å². The van der Waals surface area contributed by atoms with E-state index in [1.165, 1.54) is 0 Å². The molecule has 0 N–H and O–H groups in total. The molecule has 9 heteroatoms. The van der Waals surface area contributed by atoms with Crippen LogP contribution >= 0.6 is 46.4 Å². The number of esters is 1. The van der Waals surface area contributed by atoms with Crippen LogP contribution in [0.5, 0.6) is 5.75 Å². The lowest BCUT2D eigenvalue weighted by Crippen LogP contribution is -2.04. The molecule has 5 nitrogen and oxygen atoms in total. The van der Waals surface area contributed by atoms with E-state index in [-0.39, 0.29) is 15.8 Å². The molecule has 0 heterocycles. The Bertz CT molecular complexity index is 488. The van der Waals surface area contributed by atoms with E-state index in [4.69, 9.17) is 46.4 Å². The molecule has 0 amide bonds. The summed E-state index contributed by atoms with van der Waals surface area (Å²) < 4.78 is 4.68. The van der Waals surface area contributed by atoms with Crippen molar-refractivity contribution >= 4 is 58.1 Å². The summed E-state index contributed by atoms with van der Waals surface area (Å²) in [6, 6.07) is 0. The molecule has 0 aliphatic rings. The van der Waals surface area contributed by atoms with Gasteiger partial charge in [0.05, 0.1) is 4.92 Å². The average Bonchev–Trinajstić information content (AvgIpc) is 2.21. The molecule has 0 saturated heterocycles. The summed E-state index contributed by atoms with van der Waals surface area (Å²) in [5.41, 5.74) is -0.640. The fourth-order valence-corrected chi connectivity index (χ4v) is 2.03. The standard InChI is InChI=1S/C8H3Cl4NO4/c1-2(14)17-8-5(11)3(9)7(13(15)16)4(10)6(8)12/h1H3. The van der Waals surface area contributed by atoms with E-state index >= 15 is 0 Å². The second kappa shape index (κ2) is 5.27. The van der Waals surface area contributed by atoms with Gasteiger partial charge in [0.15, 0.2) is 5.75 Å². The zero-order chi connectivity index (χ0) is 13.3. The summed E-state index contributed by atoms with van der Waals surface area (Å²) in [5.74, 6) is -1.02. The number of hydrogen-bond acceptors (Lipinski definition) is 4. The highest BCUT2D eigenvalue weighted by atomic mass is 35.5. The summed E-state index contributed by atoms with van der Waals surface area (Å²) in [6.45, 7) is 1.11. The molecular weight excluding hydrogens is 316 g/mol. The van der Waals surface area contributed by atoms with Crippen LogP contribution in [0.1, 0.15) is 6.92 Å². The van der Waals surface area contributed by atoms with E-state index < -0.39 is 26.6 Å². The molecule has 0 saturated carbocycles. The maximum absolute atomic E-state index is 10.8. The third kappa shape index (κ3) is 2.74. The van der Waals surface area contributed by atoms with Gasteiger partial charge in [-0.1, -0.05) is 46.4 Å². The van der Waals surface area contributed by atoms with Crippen molar-refractivity contribution in [3.63, 3.8) is 0 Å². The van der Waals surface area contributed by atoms with Gasteiger partial charge in [-0.25, -0.2) is 0 Å². The lowest BCUT2D eigenvalue weighted by atomic mass is 10.3. The predicted molar refractivity (Wildman–Crippen MR) is 64.4 cm³/mol. The van der Waals surface area contributed by atoms with Crippen LogP contribution in [-0.2, 0) is 4.79 Å². The number of benzene rings is 1. The van der Waals surface area contributed by atoms with E-state index in [1.807, 2.05) is 0 Å². The van der Waals surface area contributed by atoms with Crippen LogP contribution < -0.4 is 4.74 Å². The average molecular weight is 319 g/mol. The summed E-state index contributed by atoms with van der Waals surface area (Å²) in [4.78, 5) is 20.7. The fourth-order valence-electron chi connectivity index (χ4n) is 0.994. The molecule has 0 radical (unpaired) electrons. The van der Waals surface area contributed by atoms with Crippen LogP contribution in [0.15, 0.2) is 0 Å². The first-order chi connectivity index (χ1) is 7.77. The Morgan fingerprint density at radius 2 is 1.53 bits per heavy atom. The van der Waals surface area contributed by atoms with Crippen molar-refractivity contribution in [1.29, 1.82) is 0 Å². The normalized spacial score (nSPS) is 10.2. The molecule has 0 fully saturated rings. The van der Waals surface area contributed by atoms with Crippen molar-refractivity contribution in [2.75, 3.05) is 0 Å². The molecule has 17 heavy (non-hydrogen) atoms. The van der Waals surface area contributed by atoms with Gasteiger partial charge in [0.1, 0.15) is 20.1 Å². The monoisotopic (exact) mass is 317 g/mol. The lowest BCUT2D eigenvalue weighted by molar-refractivity contribution is -0.384. The van der Waals surface area contributed by atoms with Crippen LogP contribution in [0.4, 0.5) is 5.69 Å². The van der Waals surface area contributed by atoms with Crippen LogP contribution in [0.2, 0.25) is 20.1 Å². The van der Waals surface area contributed by atoms with E-state index in [0.29, 0.717) is 0 Å². The zero-order valence-electron chi connectivity index (χ0n) is 8.09. The fraction of sp³-hybridized carbons (Fsp3) is 0.125. The molecule has 0 atom stereocenters. The highest BCUT2D eigenvalue weighted by Crippen LogP contribution is 2.49. The van der Waals surface area contributed by atoms with Crippen molar-refractivity contribution in [2.45, 2.75) is 6.92 Å². The second-order valence-corrected chi connectivity index (χ2v) is 4.30. The summed E-state index contributed by atoms with van der Waals surface area (Å²) in [5, 5.41) is 9.12. The molecule has 92 valence electrons. The molecule has 0 aliphatic carbocycles. The number of rotatable bonds is 2. The third-order valence-electron chi connectivity index (χ3n) is 1.63. The Morgan fingerprint density at radius 1 is 1.12 bits per heavy atom. The van der Waals surface area contributed by atoms with E-state index in [2.05, 4.69) is 4.74 Å².